The molecule has 1 atom stereocenters. The summed E-state index contributed by atoms with van der Waals surface area (Å²) in [5.74, 6) is 1.35. The van der Waals surface area contributed by atoms with Crippen molar-refractivity contribution in [3.05, 3.63) is 76.4 Å². The molecular formula is C19H16ClN3O2. The fourth-order valence-corrected chi connectivity index (χ4v) is 3.23. The van der Waals surface area contributed by atoms with Gasteiger partial charge in [-0.3, -0.25) is 9.89 Å². The highest BCUT2D eigenvalue weighted by atomic mass is 35.5. The second kappa shape index (κ2) is 6.61. The number of anilines is 1. The summed E-state index contributed by atoms with van der Waals surface area (Å²) >= 11 is 6.17. The van der Waals surface area contributed by atoms with Gasteiger partial charge in [0.2, 0.25) is 5.91 Å². The fraction of sp³-hybridized carbons (Fsp3) is 0.158. The number of carbonyl (C=O) groups is 1. The van der Waals surface area contributed by atoms with Crippen LogP contribution in [-0.2, 0) is 11.4 Å². The Balaban J connectivity index is 1.56. The van der Waals surface area contributed by atoms with Crippen LogP contribution in [0.2, 0.25) is 5.02 Å². The average Bonchev–Trinajstić information content (AvgIpc) is 3.09. The van der Waals surface area contributed by atoms with Crippen LogP contribution in [0.4, 0.5) is 5.82 Å². The number of ether oxygens (including phenoxy) is 1. The Morgan fingerprint density at radius 1 is 1.20 bits per heavy atom. The average molecular weight is 354 g/mol. The number of carbonyl (C=O) groups excluding carboxylic acids is 1. The molecule has 2 aromatic carbocycles. The minimum absolute atomic E-state index is 0.0239. The molecule has 0 radical (unpaired) electrons. The maximum atomic E-state index is 11.9. The van der Waals surface area contributed by atoms with Crippen molar-refractivity contribution >= 4 is 23.3 Å². The smallest absolute Gasteiger partial charge is 0.226 e. The van der Waals surface area contributed by atoms with Crippen LogP contribution >= 0.6 is 11.6 Å². The van der Waals surface area contributed by atoms with Gasteiger partial charge in [-0.1, -0.05) is 41.9 Å². The minimum Gasteiger partial charge on any atom is -0.489 e. The molecule has 5 nitrogen and oxygen atoms in total. The lowest BCUT2D eigenvalue weighted by atomic mass is 9.87. The molecule has 6 heteroatoms. The van der Waals surface area contributed by atoms with Gasteiger partial charge in [-0.2, -0.15) is 5.10 Å². The first-order chi connectivity index (χ1) is 12.2. The first-order valence-electron chi connectivity index (χ1n) is 8.00. The van der Waals surface area contributed by atoms with E-state index in [1.54, 1.807) is 6.20 Å². The summed E-state index contributed by atoms with van der Waals surface area (Å²) in [5, 5.41) is 10.4. The second-order valence-electron chi connectivity index (χ2n) is 5.96. The molecule has 126 valence electrons. The Kier molecular flexibility index (Phi) is 4.15. The van der Waals surface area contributed by atoms with Crippen molar-refractivity contribution in [1.29, 1.82) is 0 Å². The summed E-state index contributed by atoms with van der Waals surface area (Å²) in [5.41, 5.74) is 2.95. The molecule has 0 bridgehead atoms. The molecule has 1 aromatic heterocycles. The number of rotatable bonds is 4. The predicted molar refractivity (Wildman–Crippen MR) is 95.9 cm³/mol. The van der Waals surface area contributed by atoms with E-state index in [4.69, 9.17) is 16.3 Å². The van der Waals surface area contributed by atoms with E-state index in [-0.39, 0.29) is 11.8 Å². The maximum absolute atomic E-state index is 11.9. The van der Waals surface area contributed by atoms with Gasteiger partial charge in [-0.25, -0.2) is 0 Å². The normalized spacial score (nSPS) is 16.2. The van der Waals surface area contributed by atoms with Crippen LogP contribution in [0, 0.1) is 0 Å². The van der Waals surface area contributed by atoms with Crippen molar-refractivity contribution < 1.29 is 9.53 Å². The van der Waals surface area contributed by atoms with Crippen LogP contribution in [0.5, 0.6) is 5.75 Å². The van der Waals surface area contributed by atoms with Crippen molar-refractivity contribution in [3.63, 3.8) is 0 Å². The number of fused-ring (bicyclic) bond motifs is 1. The van der Waals surface area contributed by atoms with Crippen LogP contribution in [0.3, 0.4) is 0 Å². The molecule has 1 unspecified atom stereocenters. The van der Waals surface area contributed by atoms with E-state index >= 15 is 0 Å². The number of halogens is 1. The van der Waals surface area contributed by atoms with Crippen LogP contribution in [-0.4, -0.2) is 16.1 Å². The van der Waals surface area contributed by atoms with E-state index in [0.717, 1.165) is 22.4 Å². The third kappa shape index (κ3) is 3.23. The Morgan fingerprint density at radius 3 is 2.96 bits per heavy atom. The van der Waals surface area contributed by atoms with Crippen LogP contribution < -0.4 is 10.1 Å². The third-order valence-corrected chi connectivity index (χ3v) is 4.68. The number of aromatic amines is 1. The van der Waals surface area contributed by atoms with E-state index < -0.39 is 0 Å². The van der Waals surface area contributed by atoms with E-state index in [0.29, 0.717) is 23.9 Å². The van der Waals surface area contributed by atoms with Crippen LogP contribution in [0.25, 0.3) is 0 Å². The number of nitrogens with zero attached hydrogens (tertiary/aromatic N) is 1. The number of aromatic nitrogens is 2. The summed E-state index contributed by atoms with van der Waals surface area (Å²) < 4.78 is 5.89. The van der Waals surface area contributed by atoms with E-state index in [9.17, 15) is 4.79 Å². The van der Waals surface area contributed by atoms with E-state index in [1.165, 1.54) is 0 Å². The lowest BCUT2D eigenvalue weighted by Gasteiger charge is -2.22. The highest BCUT2D eigenvalue weighted by Gasteiger charge is 2.28. The monoisotopic (exact) mass is 353 g/mol. The molecule has 3 aromatic rings. The Bertz CT molecular complexity index is 922. The minimum atomic E-state index is -0.0358. The number of hydrogen-bond donors (Lipinski definition) is 2. The topological polar surface area (TPSA) is 67.0 Å². The van der Waals surface area contributed by atoms with Crippen molar-refractivity contribution in [2.24, 2.45) is 0 Å². The lowest BCUT2D eigenvalue weighted by molar-refractivity contribution is -0.116. The first kappa shape index (κ1) is 15.7. The summed E-state index contributed by atoms with van der Waals surface area (Å²) in [4.78, 5) is 11.9. The molecule has 0 fully saturated rings. The Morgan fingerprint density at radius 2 is 2.08 bits per heavy atom. The zero-order valence-electron chi connectivity index (χ0n) is 13.3. The molecular weight excluding hydrogens is 338 g/mol. The first-order valence-corrected chi connectivity index (χ1v) is 8.38. The number of hydrogen-bond acceptors (Lipinski definition) is 3. The predicted octanol–water partition coefficient (Wildman–Crippen LogP) is 4.12. The number of nitrogens with one attached hydrogen (secondary N) is 2. The highest BCUT2D eigenvalue weighted by molar-refractivity contribution is 6.31. The summed E-state index contributed by atoms with van der Waals surface area (Å²) in [6.45, 7) is 0.394. The summed E-state index contributed by atoms with van der Waals surface area (Å²) in [6, 6.07) is 15.4. The van der Waals surface area contributed by atoms with Gasteiger partial charge in [0, 0.05) is 28.5 Å². The van der Waals surface area contributed by atoms with Crippen molar-refractivity contribution in [2.75, 3.05) is 5.32 Å². The van der Waals surface area contributed by atoms with Gasteiger partial charge in [-0.15, -0.1) is 0 Å². The molecule has 0 saturated carbocycles. The zero-order chi connectivity index (χ0) is 17.2. The van der Waals surface area contributed by atoms with Gasteiger partial charge in [0.25, 0.3) is 0 Å². The third-order valence-electron chi connectivity index (χ3n) is 4.31. The second-order valence-corrected chi connectivity index (χ2v) is 6.37. The van der Waals surface area contributed by atoms with Crippen LogP contribution in [0.1, 0.15) is 29.0 Å². The largest absolute Gasteiger partial charge is 0.489 e. The molecule has 1 amide bonds. The molecule has 0 saturated heterocycles. The molecule has 0 spiro atoms. The van der Waals surface area contributed by atoms with Gasteiger partial charge < -0.3 is 10.1 Å². The van der Waals surface area contributed by atoms with Crippen molar-refractivity contribution in [3.8, 4) is 5.75 Å². The molecule has 4 rings (SSSR count). The molecule has 0 aliphatic carbocycles. The van der Waals surface area contributed by atoms with Gasteiger partial charge in [0.1, 0.15) is 18.2 Å². The van der Waals surface area contributed by atoms with Gasteiger partial charge >= 0.3 is 0 Å². The summed E-state index contributed by atoms with van der Waals surface area (Å²) in [7, 11) is 0. The molecule has 25 heavy (non-hydrogen) atoms. The number of benzene rings is 2. The SMILES string of the molecule is O=C1CC(c2cccc(OCc3ccccc3Cl)c2)c2cn[nH]c2N1. The number of amides is 1. The Labute approximate surface area is 150 Å². The van der Waals surface area contributed by atoms with Gasteiger partial charge in [0.15, 0.2) is 0 Å². The van der Waals surface area contributed by atoms with Crippen LogP contribution in [0.15, 0.2) is 54.7 Å². The quantitative estimate of drug-likeness (QED) is 0.741. The number of H-pyrrole nitrogens is 1. The highest BCUT2D eigenvalue weighted by Crippen LogP contribution is 2.36. The Hall–Kier alpha value is -2.79. The molecule has 2 N–H and O–H groups in total. The lowest BCUT2D eigenvalue weighted by Crippen LogP contribution is -2.22. The maximum Gasteiger partial charge on any atom is 0.226 e. The molecule has 2 heterocycles. The van der Waals surface area contributed by atoms with E-state index in [1.807, 2.05) is 48.5 Å². The standard InChI is InChI=1S/C19H16ClN3O2/c20-17-7-2-1-4-13(17)11-25-14-6-3-5-12(8-14)15-9-18(24)22-19-16(15)10-21-23-19/h1-8,10,15H,9,11H2,(H2,21,22,23,24). The molecule has 1 aliphatic heterocycles. The molecule has 1 aliphatic rings. The summed E-state index contributed by atoms with van der Waals surface area (Å²) in [6.07, 6.45) is 2.15. The zero-order valence-corrected chi connectivity index (χ0v) is 14.1. The van der Waals surface area contributed by atoms with Crippen molar-refractivity contribution in [2.45, 2.75) is 18.9 Å². The van der Waals surface area contributed by atoms with Gasteiger partial charge in [0.05, 0.1) is 6.20 Å². The van der Waals surface area contributed by atoms with Crippen molar-refractivity contribution in [1.82, 2.24) is 10.2 Å². The van der Waals surface area contributed by atoms with Gasteiger partial charge in [-0.05, 0) is 23.8 Å². The fourth-order valence-electron chi connectivity index (χ4n) is 3.04. The van der Waals surface area contributed by atoms with E-state index in [2.05, 4.69) is 15.5 Å².